The number of likely N-dealkylation sites (N-methyl/N-ethyl adjacent to an activating group) is 1. The van der Waals surface area contributed by atoms with Gasteiger partial charge in [0, 0.05) is 17.2 Å². The maximum absolute atomic E-state index is 12.0. The van der Waals surface area contributed by atoms with E-state index in [1.54, 1.807) is 51.5 Å². The van der Waals surface area contributed by atoms with E-state index in [2.05, 4.69) is 30.2 Å². The van der Waals surface area contributed by atoms with Crippen molar-refractivity contribution in [1.82, 2.24) is 4.90 Å². The molecule has 1 N–H and O–H groups in total. The molecule has 0 radical (unpaired) electrons. The summed E-state index contributed by atoms with van der Waals surface area (Å²) in [5.74, 6) is 1.22. The monoisotopic (exact) mass is 607 g/mol. The Morgan fingerprint density at radius 3 is 2.50 bits per heavy atom. The topological polar surface area (TPSA) is 85.3 Å². The Balaban J connectivity index is 0.000000170. The molecule has 0 amide bonds. The van der Waals surface area contributed by atoms with Crippen molar-refractivity contribution in [1.29, 1.82) is 0 Å². The van der Waals surface area contributed by atoms with Gasteiger partial charge in [-0.15, -0.1) is 23.7 Å². The summed E-state index contributed by atoms with van der Waals surface area (Å²) in [6.45, 7) is 2.70. The molecule has 220 valence electrons. The van der Waals surface area contributed by atoms with Gasteiger partial charge in [-0.05, 0) is 73.6 Å². The number of carbonyl (C=O) groups excluding carboxylic acids is 1. The van der Waals surface area contributed by atoms with Gasteiger partial charge in [-0.3, -0.25) is 14.5 Å². The Labute approximate surface area is 255 Å². The molecule has 3 heterocycles. The molecular formula is C33H34ClNO6S. The van der Waals surface area contributed by atoms with Crippen molar-refractivity contribution in [2.45, 2.75) is 43.2 Å². The van der Waals surface area contributed by atoms with Crippen molar-refractivity contribution >= 4 is 35.5 Å². The Bertz CT molecular complexity index is 1560. The number of methoxy groups -OCH3 is 2. The zero-order chi connectivity index (χ0) is 28.9. The van der Waals surface area contributed by atoms with Crippen LogP contribution in [0.2, 0.25) is 0 Å². The number of hydrogen-bond donors (Lipinski definition) is 1. The first-order valence-corrected chi connectivity index (χ1v) is 14.6. The Morgan fingerprint density at radius 2 is 1.86 bits per heavy atom. The fraction of sp³-hybridized carbons (Fsp3) is 0.333. The molecule has 2 aliphatic heterocycles. The summed E-state index contributed by atoms with van der Waals surface area (Å²) in [6.07, 6.45) is 6.41. The summed E-state index contributed by atoms with van der Waals surface area (Å²) >= 11 is 1.40. The van der Waals surface area contributed by atoms with E-state index in [9.17, 15) is 9.59 Å². The normalized spacial score (nSPS) is 23.4. The van der Waals surface area contributed by atoms with Gasteiger partial charge in [0.25, 0.3) is 0 Å². The molecule has 4 atom stereocenters. The number of thiophene rings is 1. The van der Waals surface area contributed by atoms with Gasteiger partial charge in [-0.2, -0.15) is 0 Å². The number of hydrogen-bond acceptors (Lipinski definition) is 7. The van der Waals surface area contributed by atoms with Crippen LogP contribution in [0.4, 0.5) is 0 Å². The van der Waals surface area contributed by atoms with Crippen molar-refractivity contribution in [3.05, 3.63) is 105 Å². The molecule has 2 aliphatic carbocycles. The number of ketones is 1. The number of carboxylic acids is 1. The maximum Gasteiger partial charge on any atom is 0.310 e. The highest BCUT2D eigenvalue weighted by Crippen LogP contribution is 2.62. The fourth-order valence-corrected chi connectivity index (χ4v) is 7.40. The molecule has 1 unspecified atom stereocenters. The average molecular weight is 608 g/mol. The number of halogens is 1. The second kappa shape index (κ2) is 11.6. The standard InChI is InChI=1S/C19H21NO3.C14H12O3S.ClH/c1-20-9-8-19-12-5-7-15(22-3)18(19)23-17-14(21-2)6-4-11(16(17)19)10-13(12)20;1-9(14(16)17)10-4-6-11(7-5-10)13(15)12-3-2-8-18-12;/h4-7,13,18H,8-10H2,1-3H3;2-9H,1H3,(H,16,17);1H/t13-,18+,19+;;/m1../s1. The smallest absolute Gasteiger partial charge is 0.310 e. The summed E-state index contributed by atoms with van der Waals surface area (Å²) in [6, 6.07) is 15.1. The molecular weight excluding hydrogens is 574 g/mol. The molecule has 42 heavy (non-hydrogen) atoms. The number of rotatable bonds is 6. The first-order valence-electron chi connectivity index (χ1n) is 13.7. The zero-order valence-corrected chi connectivity index (χ0v) is 25.6. The molecule has 1 saturated heterocycles. The molecule has 1 spiro atoms. The SMILES string of the molecule is CC(C(=O)O)c1ccc(C(=O)c2cccs2)cc1.COC1=CC=C2[C@H]3Cc4ccc(OC)c5c4[C@@]2(CCN3C)[C@H]1O5.Cl. The summed E-state index contributed by atoms with van der Waals surface area (Å²) < 4.78 is 17.7. The maximum atomic E-state index is 12.0. The number of ether oxygens (including phenoxy) is 3. The molecule has 7 nitrogen and oxygen atoms in total. The van der Waals surface area contributed by atoms with Crippen molar-refractivity contribution in [2.24, 2.45) is 0 Å². The average Bonchev–Trinajstić information content (AvgIpc) is 3.65. The lowest BCUT2D eigenvalue weighted by Crippen LogP contribution is -2.58. The van der Waals surface area contributed by atoms with Gasteiger partial charge in [0.15, 0.2) is 17.6 Å². The number of benzene rings is 2. The van der Waals surface area contributed by atoms with Gasteiger partial charge in [-0.25, -0.2) is 0 Å². The van der Waals surface area contributed by atoms with E-state index in [4.69, 9.17) is 19.3 Å². The minimum atomic E-state index is -0.868. The van der Waals surface area contributed by atoms with Gasteiger partial charge in [-0.1, -0.05) is 42.5 Å². The molecule has 7 rings (SSSR count). The van der Waals surface area contributed by atoms with Gasteiger partial charge in [0.2, 0.25) is 5.78 Å². The van der Waals surface area contributed by atoms with E-state index in [0.29, 0.717) is 22.0 Å². The van der Waals surface area contributed by atoms with Crippen LogP contribution in [0.15, 0.2) is 77.4 Å². The van der Waals surface area contributed by atoms with Gasteiger partial charge in [0.1, 0.15) is 5.76 Å². The van der Waals surface area contributed by atoms with Gasteiger partial charge in [0.05, 0.1) is 30.4 Å². The molecule has 0 saturated carbocycles. The van der Waals surface area contributed by atoms with Crippen LogP contribution in [-0.4, -0.2) is 61.7 Å². The second-order valence-corrected chi connectivity index (χ2v) is 11.9. The van der Waals surface area contributed by atoms with Crippen LogP contribution in [0.1, 0.15) is 51.2 Å². The zero-order valence-electron chi connectivity index (χ0n) is 24.0. The minimum Gasteiger partial charge on any atom is -0.497 e. The highest BCUT2D eigenvalue weighted by Gasteiger charge is 2.62. The lowest BCUT2D eigenvalue weighted by molar-refractivity contribution is -0.138. The summed E-state index contributed by atoms with van der Waals surface area (Å²) in [7, 11) is 5.68. The Kier molecular flexibility index (Phi) is 8.25. The molecule has 3 aromatic rings. The Hall–Kier alpha value is -3.59. The predicted octanol–water partition coefficient (Wildman–Crippen LogP) is 6.01. The Morgan fingerprint density at radius 1 is 1.10 bits per heavy atom. The number of carbonyl (C=O) groups is 2. The van der Waals surface area contributed by atoms with Gasteiger partial charge >= 0.3 is 5.97 Å². The molecule has 2 aromatic carbocycles. The van der Waals surface area contributed by atoms with Gasteiger partial charge < -0.3 is 19.3 Å². The summed E-state index contributed by atoms with van der Waals surface area (Å²) in [4.78, 5) is 26.0. The van der Waals surface area contributed by atoms with Crippen LogP contribution in [-0.2, 0) is 21.4 Å². The number of likely N-dealkylation sites (tertiary alicyclic amines) is 1. The third-order valence-electron chi connectivity index (χ3n) is 8.95. The number of aliphatic carboxylic acids is 1. The van der Waals surface area contributed by atoms with E-state index < -0.39 is 11.9 Å². The van der Waals surface area contributed by atoms with E-state index in [0.717, 1.165) is 36.6 Å². The van der Waals surface area contributed by atoms with E-state index in [1.807, 2.05) is 17.5 Å². The second-order valence-electron chi connectivity index (χ2n) is 10.9. The van der Waals surface area contributed by atoms with Crippen LogP contribution in [0.5, 0.6) is 11.5 Å². The predicted molar refractivity (Wildman–Crippen MR) is 164 cm³/mol. The minimum absolute atomic E-state index is 0. The number of piperidine rings is 1. The highest BCUT2D eigenvalue weighted by atomic mass is 35.5. The van der Waals surface area contributed by atoms with Crippen LogP contribution in [0.25, 0.3) is 0 Å². The lowest BCUT2D eigenvalue weighted by Gasteiger charge is -2.52. The molecule has 1 fully saturated rings. The molecule has 2 bridgehead atoms. The van der Waals surface area contributed by atoms with Crippen molar-refractivity contribution in [2.75, 3.05) is 27.8 Å². The first kappa shape index (κ1) is 29.9. The van der Waals surface area contributed by atoms with Crippen LogP contribution in [0, 0.1) is 0 Å². The van der Waals surface area contributed by atoms with Crippen molar-refractivity contribution in [3.8, 4) is 11.5 Å². The summed E-state index contributed by atoms with van der Waals surface area (Å²) in [5.41, 5.74) is 5.43. The quantitative estimate of drug-likeness (QED) is 0.343. The van der Waals surface area contributed by atoms with Crippen LogP contribution >= 0.6 is 23.7 Å². The third-order valence-corrected chi connectivity index (χ3v) is 9.81. The van der Waals surface area contributed by atoms with Crippen molar-refractivity contribution in [3.63, 3.8) is 0 Å². The third kappa shape index (κ3) is 4.62. The number of nitrogens with zero attached hydrogens (tertiary/aromatic N) is 1. The fourth-order valence-electron chi connectivity index (χ4n) is 6.72. The summed E-state index contributed by atoms with van der Waals surface area (Å²) in [5, 5.41) is 10.8. The van der Waals surface area contributed by atoms with E-state index in [-0.39, 0.29) is 29.7 Å². The van der Waals surface area contributed by atoms with Crippen LogP contribution in [0.3, 0.4) is 0 Å². The number of allylic oxidation sites excluding steroid dienone is 2. The molecule has 9 heteroatoms. The largest absolute Gasteiger partial charge is 0.497 e. The first-order chi connectivity index (χ1) is 19.8. The molecule has 1 aromatic heterocycles. The molecule has 4 aliphatic rings. The lowest BCUT2D eigenvalue weighted by atomic mass is 9.57. The van der Waals surface area contributed by atoms with E-state index in [1.165, 1.54) is 28.0 Å². The van der Waals surface area contributed by atoms with Crippen LogP contribution < -0.4 is 9.47 Å². The van der Waals surface area contributed by atoms with Crippen molar-refractivity contribution < 1.29 is 28.9 Å². The number of carboxylic acid groups (broad SMARTS) is 1. The highest BCUT2D eigenvalue weighted by molar-refractivity contribution is 7.12. The van der Waals surface area contributed by atoms with E-state index >= 15 is 0 Å².